The van der Waals surface area contributed by atoms with Crippen molar-refractivity contribution < 1.29 is 17.9 Å². The molecule has 33 heavy (non-hydrogen) atoms. The fourth-order valence-corrected chi connectivity index (χ4v) is 5.27. The Morgan fingerprint density at radius 1 is 1.21 bits per heavy atom. The maximum absolute atomic E-state index is 12.5. The van der Waals surface area contributed by atoms with Gasteiger partial charge in [0, 0.05) is 0 Å². The number of benzene rings is 2. The Morgan fingerprint density at radius 2 is 1.94 bits per heavy atom. The van der Waals surface area contributed by atoms with E-state index in [-0.39, 0.29) is 27.5 Å². The Balaban J connectivity index is 1.56. The molecule has 2 aromatic rings. The number of ether oxygens (including phenoxy) is 1. The molecule has 2 heterocycles. The number of halogens is 1. The van der Waals surface area contributed by atoms with Crippen LogP contribution in [0.4, 0.5) is 0 Å². The SMILES string of the molecule is CCS(=O)(=O)C1=NSC2=NC(=O)/C(=C\c3ccc(OCc4ccc(C)cc4)c(Cl)c3)C(=N)N21. The Kier molecular flexibility index (Phi) is 6.42. The van der Waals surface area contributed by atoms with Crippen LogP contribution in [0.15, 0.2) is 57.4 Å². The van der Waals surface area contributed by atoms with Gasteiger partial charge in [0.1, 0.15) is 18.2 Å². The van der Waals surface area contributed by atoms with E-state index in [4.69, 9.17) is 21.7 Å². The number of amides is 1. The largest absolute Gasteiger partial charge is 0.487 e. The van der Waals surface area contributed by atoms with Gasteiger partial charge < -0.3 is 4.74 Å². The summed E-state index contributed by atoms with van der Waals surface area (Å²) in [7, 11) is -3.70. The van der Waals surface area contributed by atoms with Crippen LogP contribution < -0.4 is 4.74 Å². The van der Waals surface area contributed by atoms with Gasteiger partial charge in [-0.3, -0.25) is 10.2 Å². The molecular weight excluding hydrogens is 484 g/mol. The predicted molar refractivity (Wildman–Crippen MR) is 131 cm³/mol. The molecule has 0 unspecified atom stereocenters. The van der Waals surface area contributed by atoms with Crippen LogP contribution >= 0.6 is 23.5 Å². The number of sulfone groups is 1. The first kappa shape index (κ1) is 23.2. The Hall–Kier alpha value is -2.95. The second kappa shape index (κ2) is 9.12. The number of hydrogen-bond donors (Lipinski definition) is 1. The molecule has 1 amide bonds. The minimum atomic E-state index is -3.70. The van der Waals surface area contributed by atoms with Crippen molar-refractivity contribution in [2.45, 2.75) is 20.5 Å². The van der Waals surface area contributed by atoms with Crippen molar-refractivity contribution >= 4 is 61.5 Å². The van der Waals surface area contributed by atoms with Gasteiger partial charge in [-0.2, -0.15) is 9.39 Å². The number of rotatable bonds is 5. The summed E-state index contributed by atoms with van der Waals surface area (Å²) < 4.78 is 34.4. The summed E-state index contributed by atoms with van der Waals surface area (Å²) in [4.78, 5) is 17.5. The summed E-state index contributed by atoms with van der Waals surface area (Å²) in [6.45, 7) is 3.84. The first-order chi connectivity index (χ1) is 15.7. The minimum absolute atomic E-state index is 0.0482. The topological polar surface area (TPSA) is 112 Å². The van der Waals surface area contributed by atoms with Gasteiger partial charge in [0.2, 0.25) is 20.2 Å². The number of aliphatic imine (C=N–C) groups is 1. The average Bonchev–Trinajstić information content (AvgIpc) is 3.22. The third-order valence-corrected chi connectivity index (χ3v) is 7.64. The highest BCUT2D eigenvalue weighted by molar-refractivity contribution is 8.16. The van der Waals surface area contributed by atoms with Gasteiger partial charge in [-0.25, -0.2) is 13.3 Å². The molecule has 0 aromatic heterocycles. The fourth-order valence-electron chi connectivity index (χ4n) is 3.06. The van der Waals surface area contributed by atoms with Gasteiger partial charge in [0.05, 0.1) is 28.3 Å². The maximum Gasteiger partial charge on any atom is 0.283 e. The van der Waals surface area contributed by atoms with Crippen molar-refractivity contribution in [3.8, 4) is 5.75 Å². The van der Waals surface area contributed by atoms with Crippen molar-refractivity contribution in [1.29, 1.82) is 5.41 Å². The number of carbonyl (C=O) groups excluding carboxylic acids is 1. The molecule has 0 spiro atoms. The van der Waals surface area contributed by atoms with Crippen molar-refractivity contribution in [3.63, 3.8) is 0 Å². The standard InChI is InChI=1S/C22H19ClN4O4S2/c1-3-33(29,30)22-26-32-21-25-20(28)16(19(24)27(21)22)10-15-8-9-18(17(23)11-15)31-12-14-6-4-13(2)5-7-14/h4-11,24H,3,12H2,1-2H3/b16-10-,24-19?. The highest BCUT2D eigenvalue weighted by Crippen LogP contribution is 2.31. The smallest absolute Gasteiger partial charge is 0.283 e. The number of nitrogens with one attached hydrogen (secondary N) is 1. The van der Waals surface area contributed by atoms with E-state index in [0.717, 1.165) is 28.0 Å². The molecule has 0 saturated heterocycles. The number of carbonyl (C=O) groups is 1. The zero-order valence-electron chi connectivity index (χ0n) is 17.7. The zero-order chi connectivity index (χ0) is 23.8. The van der Waals surface area contributed by atoms with Crippen molar-refractivity contribution in [1.82, 2.24) is 4.90 Å². The quantitative estimate of drug-likeness (QED) is 0.483. The van der Waals surface area contributed by atoms with Gasteiger partial charge >= 0.3 is 0 Å². The highest BCUT2D eigenvalue weighted by Gasteiger charge is 2.42. The predicted octanol–water partition coefficient (Wildman–Crippen LogP) is 4.24. The molecule has 0 saturated carbocycles. The molecule has 2 aliphatic rings. The average molecular weight is 503 g/mol. The summed E-state index contributed by atoms with van der Waals surface area (Å²) in [6.07, 6.45) is 1.44. The third-order valence-electron chi connectivity index (χ3n) is 4.93. The Bertz CT molecular complexity index is 1350. The van der Waals surface area contributed by atoms with E-state index < -0.39 is 15.7 Å². The molecule has 0 aliphatic carbocycles. The summed E-state index contributed by atoms with van der Waals surface area (Å²) in [5, 5.41) is 8.54. The van der Waals surface area contributed by atoms with E-state index in [1.54, 1.807) is 18.2 Å². The molecule has 0 fully saturated rings. The molecule has 170 valence electrons. The van der Waals surface area contributed by atoms with Crippen LogP contribution in [-0.2, 0) is 21.2 Å². The van der Waals surface area contributed by atoms with Crippen LogP contribution in [0.2, 0.25) is 5.02 Å². The van der Waals surface area contributed by atoms with Gasteiger partial charge in [-0.15, -0.1) is 0 Å². The first-order valence-corrected chi connectivity index (χ1v) is 12.7. The van der Waals surface area contributed by atoms with E-state index in [1.807, 2.05) is 31.2 Å². The van der Waals surface area contributed by atoms with Crippen LogP contribution in [0.1, 0.15) is 23.6 Å². The van der Waals surface area contributed by atoms with Crippen LogP contribution in [-0.4, -0.2) is 41.1 Å². The molecule has 0 bridgehead atoms. The second-order valence-electron chi connectivity index (χ2n) is 7.27. The van der Waals surface area contributed by atoms with Crippen LogP contribution in [0.5, 0.6) is 5.75 Å². The summed E-state index contributed by atoms with van der Waals surface area (Å²) in [5.74, 6) is -0.665. The van der Waals surface area contributed by atoms with Crippen LogP contribution in [0.3, 0.4) is 0 Å². The van der Waals surface area contributed by atoms with Crippen LogP contribution in [0.25, 0.3) is 6.08 Å². The van der Waals surface area contributed by atoms with Gasteiger partial charge in [-0.05, 0) is 36.3 Å². The number of aryl methyl sites for hydroxylation is 1. The summed E-state index contributed by atoms with van der Waals surface area (Å²) >= 11 is 7.13. The Labute approximate surface area is 200 Å². The molecule has 0 radical (unpaired) electrons. The molecule has 2 aliphatic heterocycles. The molecular formula is C22H19ClN4O4S2. The monoisotopic (exact) mass is 502 g/mol. The molecule has 2 aromatic carbocycles. The second-order valence-corrected chi connectivity index (χ2v) is 10.6. The first-order valence-electron chi connectivity index (χ1n) is 9.89. The van der Waals surface area contributed by atoms with E-state index in [1.165, 1.54) is 13.0 Å². The van der Waals surface area contributed by atoms with E-state index in [9.17, 15) is 13.2 Å². The minimum Gasteiger partial charge on any atom is -0.487 e. The summed E-state index contributed by atoms with van der Waals surface area (Å²) in [6, 6.07) is 12.9. The van der Waals surface area contributed by atoms with Gasteiger partial charge in [0.25, 0.3) is 5.91 Å². The maximum atomic E-state index is 12.5. The van der Waals surface area contributed by atoms with E-state index in [0.29, 0.717) is 22.9 Å². The zero-order valence-corrected chi connectivity index (χ0v) is 20.1. The number of amidine groups is 3. The summed E-state index contributed by atoms with van der Waals surface area (Å²) in [5.41, 5.74) is 2.63. The lowest BCUT2D eigenvalue weighted by Gasteiger charge is -2.24. The number of fused-ring (bicyclic) bond motifs is 1. The van der Waals surface area contributed by atoms with Gasteiger partial charge in [-0.1, -0.05) is 54.4 Å². The molecule has 4 rings (SSSR count). The molecule has 8 nitrogen and oxygen atoms in total. The highest BCUT2D eigenvalue weighted by atomic mass is 35.5. The fraction of sp³-hybridized carbons (Fsp3) is 0.182. The molecule has 1 N–H and O–H groups in total. The lowest BCUT2D eigenvalue weighted by atomic mass is 10.1. The Morgan fingerprint density at radius 3 is 2.61 bits per heavy atom. The van der Waals surface area contributed by atoms with Crippen molar-refractivity contribution in [3.05, 3.63) is 69.8 Å². The molecule has 0 atom stereocenters. The van der Waals surface area contributed by atoms with E-state index in [2.05, 4.69) is 9.39 Å². The number of nitrogens with zero attached hydrogens (tertiary/aromatic N) is 3. The van der Waals surface area contributed by atoms with Crippen molar-refractivity contribution in [2.75, 3.05) is 5.75 Å². The van der Waals surface area contributed by atoms with Gasteiger partial charge in [0.15, 0.2) is 0 Å². The lowest BCUT2D eigenvalue weighted by Crippen LogP contribution is -2.45. The van der Waals surface area contributed by atoms with E-state index >= 15 is 0 Å². The lowest BCUT2D eigenvalue weighted by molar-refractivity contribution is -0.114. The van der Waals surface area contributed by atoms with Crippen LogP contribution in [0, 0.1) is 12.3 Å². The number of hydrogen-bond acceptors (Lipinski definition) is 7. The normalized spacial score (nSPS) is 17.2. The molecule has 11 heteroatoms. The van der Waals surface area contributed by atoms with Crippen molar-refractivity contribution in [2.24, 2.45) is 9.39 Å². The third kappa shape index (κ3) is 4.73.